The predicted molar refractivity (Wildman–Crippen MR) is 85.5 cm³/mol. The standard InChI is InChI=1S/C19H28/c1-5-15-12-17(11-10-16-8-6-7-9-16)14-18(13-15)19(2,3)4/h5,12-14,16H,1,6-11H2,2-4H3. The summed E-state index contributed by atoms with van der Waals surface area (Å²) < 4.78 is 0. The lowest BCUT2D eigenvalue weighted by atomic mass is 9.84. The normalized spacial score (nSPS) is 16.8. The molecule has 104 valence electrons. The average Bonchev–Trinajstić information content (AvgIpc) is 2.88. The molecule has 0 atom stereocenters. The quantitative estimate of drug-likeness (QED) is 0.643. The molecule has 2 rings (SSSR count). The minimum absolute atomic E-state index is 0.223. The topological polar surface area (TPSA) is 0 Å². The van der Waals surface area contributed by atoms with Crippen LogP contribution in [0.2, 0.25) is 0 Å². The van der Waals surface area contributed by atoms with E-state index in [0.717, 1.165) is 5.92 Å². The van der Waals surface area contributed by atoms with Crippen LogP contribution in [0, 0.1) is 5.92 Å². The zero-order valence-corrected chi connectivity index (χ0v) is 12.8. The van der Waals surface area contributed by atoms with E-state index in [1.54, 1.807) is 0 Å². The van der Waals surface area contributed by atoms with Crippen LogP contribution in [0.4, 0.5) is 0 Å². The van der Waals surface area contributed by atoms with Crippen molar-refractivity contribution in [1.82, 2.24) is 0 Å². The molecule has 0 radical (unpaired) electrons. The van der Waals surface area contributed by atoms with Crippen LogP contribution in [0.15, 0.2) is 24.8 Å². The maximum Gasteiger partial charge on any atom is -0.0132 e. The van der Waals surface area contributed by atoms with Gasteiger partial charge in [-0.15, -0.1) is 0 Å². The molecule has 0 heteroatoms. The molecule has 0 spiro atoms. The number of benzene rings is 1. The number of hydrogen-bond acceptors (Lipinski definition) is 0. The van der Waals surface area contributed by atoms with Gasteiger partial charge in [0, 0.05) is 0 Å². The van der Waals surface area contributed by atoms with Crippen molar-refractivity contribution in [2.24, 2.45) is 5.92 Å². The Balaban J connectivity index is 2.12. The fourth-order valence-electron chi connectivity index (χ4n) is 3.08. The van der Waals surface area contributed by atoms with E-state index >= 15 is 0 Å². The Morgan fingerprint density at radius 3 is 2.42 bits per heavy atom. The lowest BCUT2D eigenvalue weighted by Crippen LogP contribution is -2.12. The van der Waals surface area contributed by atoms with Crippen molar-refractivity contribution < 1.29 is 0 Å². The number of hydrogen-bond donors (Lipinski definition) is 0. The van der Waals surface area contributed by atoms with Crippen LogP contribution in [-0.4, -0.2) is 0 Å². The largest absolute Gasteiger partial charge is 0.0985 e. The van der Waals surface area contributed by atoms with Crippen LogP contribution in [0.5, 0.6) is 0 Å². The van der Waals surface area contributed by atoms with Gasteiger partial charge in [0.15, 0.2) is 0 Å². The summed E-state index contributed by atoms with van der Waals surface area (Å²) in [5.41, 5.74) is 4.43. The van der Waals surface area contributed by atoms with Crippen LogP contribution in [-0.2, 0) is 11.8 Å². The molecule has 0 nitrogen and oxygen atoms in total. The molecule has 1 fully saturated rings. The second-order valence-electron chi connectivity index (χ2n) is 7.11. The highest BCUT2D eigenvalue weighted by Crippen LogP contribution is 2.30. The highest BCUT2D eigenvalue weighted by Gasteiger charge is 2.17. The second-order valence-corrected chi connectivity index (χ2v) is 7.11. The van der Waals surface area contributed by atoms with Gasteiger partial charge >= 0.3 is 0 Å². The Hall–Kier alpha value is -1.04. The monoisotopic (exact) mass is 256 g/mol. The molecule has 0 amide bonds. The first-order chi connectivity index (χ1) is 8.99. The van der Waals surface area contributed by atoms with Gasteiger partial charge < -0.3 is 0 Å². The van der Waals surface area contributed by atoms with E-state index in [-0.39, 0.29) is 5.41 Å². The first kappa shape index (κ1) is 14.4. The van der Waals surface area contributed by atoms with Crippen molar-refractivity contribution in [3.05, 3.63) is 41.5 Å². The summed E-state index contributed by atoms with van der Waals surface area (Å²) in [7, 11) is 0. The van der Waals surface area contributed by atoms with Crippen LogP contribution < -0.4 is 0 Å². The molecular weight excluding hydrogens is 228 g/mol. The highest BCUT2D eigenvalue weighted by molar-refractivity contribution is 5.51. The molecule has 0 aromatic heterocycles. The van der Waals surface area contributed by atoms with E-state index in [1.807, 2.05) is 6.08 Å². The Kier molecular flexibility index (Phi) is 4.50. The fourth-order valence-corrected chi connectivity index (χ4v) is 3.08. The third kappa shape index (κ3) is 3.96. The van der Waals surface area contributed by atoms with Crippen LogP contribution in [0.1, 0.15) is 69.6 Å². The van der Waals surface area contributed by atoms with Crippen molar-refractivity contribution in [3.8, 4) is 0 Å². The average molecular weight is 256 g/mol. The van der Waals surface area contributed by atoms with Crippen molar-refractivity contribution >= 4 is 6.08 Å². The highest BCUT2D eigenvalue weighted by atomic mass is 14.2. The van der Waals surface area contributed by atoms with Gasteiger partial charge in [0.1, 0.15) is 0 Å². The molecule has 0 unspecified atom stereocenters. The van der Waals surface area contributed by atoms with E-state index < -0.39 is 0 Å². The Labute approximate surface area is 118 Å². The molecule has 0 aliphatic heterocycles. The summed E-state index contributed by atoms with van der Waals surface area (Å²) in [5, 5.41) is 0. The van der Waals surface area contributed by atoms with Gasteiger partial charge in [-0.3, -0.25) is 0 Å². The van der Waals surface area contributed by atoms with E-state index in [1.165, 1.54) is 55.2 Å². The fraction of sp³-hybridized carbons (Fsp3) is 0.579. The summed E-state index contributed by atoms with van der Waals surface area (Å²) >= 11 is 0. The van der Waals surface area contributed by atoms with E-state index in [4.69, 9.17) is 0 Å². The lowest BCUT2D eigenvalue weighted by Gasteiger charge is -2.21. The van der Waals surface area contributed by atoms with Gasteiger partial charge in [0.25, 0.3) is 0 Å². The van der Waals surface area contributed by atoms with Gasteiger partial charge in [0.2, 0.25) is 0 Å². The molecule has 1 aromatic carbocycles. The molecule has 0 N–H and O–H groups in total. The Morgan fingerprint density at radius 2 is 1.84 bits per heavy atom. The molecule has 0 heterocycles. The second kappa shape index (κ2) is 5.94. The van der Waals surface area contributed by atoms with Crippen molar-refractivity contribution in [2.75, 3.05) is 0 Å². The van der Waals surface area contributed by atoms with E-state index in [9.17, 15) is 0 Å². The Morgan fingerprint density at radius 1 is 1.16 bits per heavy atom. The van der Waals surface area contributed by atoms with Gasteiger partial charge in [-0.2, -0.15) is 0 Å². The summed E-state index contributed by atoms with van der Waals surface area (Å²) in [5.74, 6) is 0.977. The van der Waals surface area contributed by atoms with Gasteiger partial charge in [-0.25, -0.2) is 0 Å². The molecule has 1 aliphatic carbocycles. The first-order valence-corrected chi connectivity index (χ1v) is 7.76. The van der Waals surface area contributed by atoms with Crippen LogP contribution >= 0.6 is 0 Å². The zero-order chi connectivity index (χ0) is 13.9. The minimum Gasteiger partial charge on any atom is -0.0985 e. The molecule has 1 saturated carbocycles. The van der Waals surface area contributed by atoms with Gasteiger partial charge in [-0.05, 0) is 40.9 Å². The number of rotatable bonds is 4. The van der Waals surface area contributed by atoms with Crippen molar-refractivity contribution in [2.45, 2.75) is 64.7 Å². The maximum absolute atomic E-state index is 3.93. The molecule has 19 heavy (non-hydrogen) atoms. The Bertz CT molecular complexity index is 428. The summed E-state index contributed by atoms with van der Waals surface area (Å²) in [6.45, 7) is 10.8. The molecule has 1 aliphatic rings. The third-order valence-electron chi connectivity index (χ3n) is 4.43. The van der Waals surface area contributed by atoms with Crippen LogP contribution in [0.25, 0.3) is 6.08 Å². The maximum atomic E-state index is 3.93. The smallest absolute Gasteiger partial charge is 0.0132 e. The van der Waals surface area contributed by atoms with Gasteiger partial charge in [0.05, 0.1) is 0 Å². The molecule has 0 bridgehead atoms. The summed E-state index contributed by atoms with van der Waals surface area (Å²) in [6, 6.07) is 7.01. The number of aryl methyl sites for hydroxylation is 1. The molecule has 0 saturated heterocycles. The van der Waals surface area contributed by atoms with Crippen LogP contribution in [0.3, 0.4) is 0 Å². The van der Waals surface area contributed by atoms with E-state index in [0.29, 0.717) is 0 Å². The molecular formula is C19H28. The summed E-state index contributed by atoms with van der Waals surface area (Å²) in [4.78, 5) is 0. The third-order valence-corrected chi connectivity index (χ3v) is 4.43. The first-order valence-electron chi connectivity index (χ1n) is 7.76. The summed E-state index contributed by atoms with van der Waals surface area (Å²) in [6.07, 6.45) is 10.4. The lowest BCUT2D eigenvalue weighted by molar-refractivity contribution is 0.503. The van der Waals surface area contributed by atoms with Gasteiger partial charge in [-0.1, -0.05) is 77.3 Å². The zero-order valence-electron chi connectivity index (χ0n) is 12.8. The van der Waals surface area contributed by atoms with Crippen molar-refractivity contribution in [3.63, 3.8) is 0 Å². The minimum atomic E-state index is 0.223. The predicted octanol–water partition coefficient (Wildman–Crippen LogP) is 5.75. The molecule has 1 aromatic rings. The SMILES string of the molecule is C=Cc1cc(CCC2CCCC2)cc(C(C)(C)C)c1. The van der Waals surface area contributed by atoms with E-state index in [2.05, 4.69) is 45.5 Å². The van der Waals surface area contributed by atoms with Crippen molar-refractivity contribution in [1.29, 1.82) is 0 Å².